The number of hydrogen-bond acceptors (Lipinski definition) is 5. The quantitative estimate of drug-likeness (QED) is 0.162. The number of nitrogens with zero attached hydrogens (tertiary/aromatic N) is 3. The highest BCUT2D eigenvalue weighted by Gasteiger charge is 2.29. The van der Waals surface area contributed by atoms with E-state index in [4.69, 9.17) is 14.5 Å². The maximum Gasteiger partial charge on any atom is 0.266 e. The topological polar surface area (TPSA) is 73.7 Å². The lowest BCUT2D eigenvalue weighted by molar-refractivity contribution is 0.0683. The van der Waals surface area contributed by atoms with Crippen LogP contribution < -0.4 is 15.0 Å². The number of hydrogen-bond donors (Lipinski definition) is 0. The molecule has 0 aliphatic carbocycles. The lowest BCUT2D eigenvalue weighted by Gasteiger charge is -2.31. The van der Waals surface area contributed by atoms with Crippen molar-refractivity contribution < 1.29 is 14.3 Å². The first-order valence-electron chi connectivity index (χ1n) is 13.4. The Morgan fingerprint density at radius 2 is 1.67 bits per heavy atom. The Labute approximate surface area is 261 Å². The number of benzene rings is 4. The summed E-state index contributed by atoms with van der Waals surface area (Å²) in [6, 6.07) is 27.4. The van der Waals surface area contributed by atoms with E-state index in [0.717, 1.165) is 10.0 Å². The van der Waals surface area contributed by atoms with Crippen LogP contribution in [0.2, 0.25) is 0 Å². The summed E-state index contributed by atoms with van der Waals surface area (Å²) in [6.07, 6.45) is 0.624. The molecule has 0 spiro atoms. The maximum absolute atomic E-state index is 14.2. The van der Waals surface area contributed by atoms with E-state index >= 15 is 0 Å². The molecule has 4 aromatic carbocycles. The van der Waals surface area contributed by atoms with Crippen LogP contribution in [-0.2, 0) is 6.42 Å². The molecule has 0 radical (unpaired) electrons. The average molecular weight is 691 g/mol. The van der Waals surface area contributed by atoms with Crippen molar-refractivity contribution in [2.45, 2.75) is 19.4 Å². The molecule has 0 bridgehead atoms. The fourth-order valence-corrected chi connectivity index (χ4v) is 5.91. The van der Waals surface area contributed by atoms with Crippen molar-refractivity contribution >= 4 is 48.7 Å². The SMILES string of the molecule is COc1cc(OC)c(Br)c(-n2c(C(C)N(CCc3ccccc3)C(=O)c3cccc(Br)c3)nc3ccccc3c2=O)c1. The minimum absolute atomic E-state index is 0.170. The van der Waals surface area contributed by atoms with Crippen LogP contribution in [0.4, 0.5) is 0 Å². The number of aromatic nitrogens is 2. The van der Waals surface area contributed by atoms with Crippen molar-refractivity contribution in [3.8, 4) is 17.2 Å². The van der Waals surface area contributed by atoms with Gasteiger partial charge in [0, 0.05) is 28.7 Å². The third kappa shape index (κ3) is 5.98. The first-order chi connectivity index (χ1) is 20.3. The van der Waals surface area contributed by atoms with Crippen LogP contribution in [-0.4, -0.2) is 41.1 Å². The Balaban J connectivity index is 1.72. The highest BCUT2D eigenvalue weighted by molar-refractivity contribution is 9.11. The van der Waals surface area contributed by atoms with E-state index in [2.05, 4.69) is 31.9 Å². The second-order valence-electron chi connectivity index (χ2n) is 9.71. The summed E-state index contributed by atoms with van der Waals surface area (Å²) in [5.74, 6) is 1.24. The van der Waals surface area contributed by atoms with Gasteiger partial charge in [0.25, 0.3) is 11.5 Å². The number of methoxy groups -OCH3 is 2. The average Bonchev–Trinajstić information content (AvgIpc) is 3.01. The molecule has 1 amide bonds. The summed E-state index contributed by atoms with van der Waals surface area (Å²) >= 11 is 7.13. The zero-order valence-corrected chi connectivity index (χ0v) is 26.6. The second kappa shape index (κ2) is 12.9. The van der Waals surface area contributed by atoms with Crippen LogP contribution in [0.5, 0.6) is 11.5 Å². The molecule has 0 N–H and O–H groups in total. The molecule has 9 heteroatoms. The minimum Gasteiger partial charge on any atom is -0.497 e. The Morgan fingerprint density at radius 1 is 0.929 bits per heavy atom. The molecule has 0 saturated heterocycles. The van der Waals surface area contributed by atoms with Crippen LogP contribution in [0, 0.1) is 0 Å². The van der Waals surface area contributed by atoms with Gasteiger partial charge in [-0.2, -0.15) is 0 Å². The van der Waals surface area contributed by atoms with E-state index in [1.54, 1.807) is 54.0 Å². The zero-order valence-electron chi connectivity index (χ0n) is 23.4. The van der Waals surface area contributed by atoms with Gasteiger partial charge in [0.15, 0.2) is 0 Å². The Bertz CT molecular complexity index is 1810. The van der Waals surface area contributed by atoms with Crippen molar-refractivity contribution in [2.24, 2.45) is 0 Å². The molecule has 0 aliphatic heterocycles. The molecule has 0 fully saturated rings. The van der Waals surface area contributed by atoms with Crippen LogP contribution in [0.3, 0.4) is 0 Å². The zero-order chi connectivity index (χ0) is 29.8. The molecule has 42 heavy (non-hydrogen) atoms. The number of amides is 1. The number of carbonyl (C=O) groups excluding carboxylic acids is 1. The lowest BCUT2D eigenvalue weighted by atomic mass is 10.1. The summed E-state index contributed by atoms with van der Waals surface area (Å²) in [7, 11) is 3.11. The summed E-state index contributed by atoms with van der Waals surface area (Å²) < 4.78 is 14.0. The van der Waals surface area contributed by atoms with Gasteiger partial charge >= 0.3 is 0 Å². The highest BCUT2D eigenvalue weighted by Crippen LogP contribution is 2.37. The third-order valence-electron chi connectivity index (χ3n) is 7.15. The Morgan fingerprint density at radius 3 is 2.38 bits per heavy atom. The van der Waals surface area contributed by atoms with E-state index in [0.29, 0.717) is 56.9 Å². The van der Waals surface area contributed by atoms with E-state index in [9.17, 15) is 9.59 Å². The molecule has 0 saturated carbocycles. The summed E-state index contributed by atoms with van der Waals surface area (Å²) in [4.78, 5) is 35.1. The predicted molar refractivity (Wildman–Crippen MR) is 172 cm³/mol. The Kier molecular flexibility index (Phi) is 9.09. The number of rotatable bonds is 9. The van der Waals surface area contributed by atoms with Gasteiger partial charge in [0.2, 0.25) is 0 Å². The standard InChI is InChI=1S/C33H29Br2N3O4/c1-21(37(17-16-22-10-5-4-6-11-22)32(39)23-12-9-13-24(34)18-23)31-36-27-15-8-7-14-26(27)33(40)38(31)28-19-25(41-2)20-29(42-3)30(28)35/h4-15,18-21H,16-17H2,1-3H3. The number of ether oxygens (including phenoxy) is 2. The van der Waals surface area contributed by atoms with Gasteiger partial charge in [-0.1, -0.05) is 64.5 Å². The van der Waals surface area contributed by atoms with Crippen LogP contribution in [0.1, 0.15) is 34.7 Å². The molecule has 7 nitrogen and oxygen atoms in total. The first-order valence-corrected chi connectivity index (χ1v) is 14.9. The fourth-order valence-electron chi connectivity index (χ4n) is 4.94. The van der Waals surface area contributed by atoms with E-state index < -0.39 is 6.04 Å². The van der Waals surface area contributed by atoms with Crippen LogP contribution >= 0.6 is 31.9 Å². The molecule has 1 aromatic heterocycles. The van der Waals surface area contributed by atoms with Gasteiger partial charge in [0.05, 0.1) is 41.3 Å². The van der Waals surface area contributed by atoms with E-state index in [-0.39, 0.29) is 11.5 Å². The smallest absolute Gasteiger partial charge is 0.266 e. The van der Waals surface area contributed by atoms with Crippen molar-refractivity contribution in [3.63, 3.8) is 0 Å². The number of para-hydroxylation sites is 1. The fraction of sp³-hybridized carbons (Fsp3) is 0.182. The number of carbonyl (C=O) groups is 1. The van der Waals surface area contributed by atoms with Crippen LogP contribution in [0.25, 0.3) is 16.6 Å². The molecular weight excluding hydrogens is 662 g/mol. The third-order valence-corrected chi connectivity index (χ3v) is 8.44. The van der Waals surface area contributed by atoms with Crippen molar-refractivity contribution in [3.05, 3.63) is 127 Å². The van der Waals surface area contributed by atoms with Gasteiger partial charge < -0.3 is 14.4 Å². The molecule has 214 valence electrons. The molecular formula is C33H29Br2N3O4. The maximum atomic E-state index is 14.2. The molecule has 5 rings (SSSR count). The van der Waals surface area contributed by atoms with Gasteiger partial charge in [-0.25, -0.2) is 4.98 Å². The number of fused-ring (bicyclic) bond motifs is 1. The lowest BCUT2D eigenvalue weighted by Crippen LogP contribution is -2.38. The molecule has 1 heterocycles. The van der Waals surface area contributed by atoms with Crippen molar-refractivity contribution in [1.82, 2.24) is 14.5 Å². The van der Waals surface area contributed by atoms with E-state index in [1.165, 1.54) is 0 Å². The molecule has 1 atom stereocenters. The number of halogens is 2. The van der Waals surface area contributed by atoms with Crippen LogP contribution in [0.15, 0.2) is 105 Å². The van der Waals surface area contributed by atoms with Gasteiger partial charge in [-0.05, 0) is 65.2 Å². The minimum atomic E-state index is -0.596. The normalized spacial score (nSPS) is 11.7. The molecule has 0 aliphatic rings. The largest absolute Gasteiger partial charge is 0.497 e. The summed E-state index contributed by atoms with van der Waals surface area (Å²) in [6.45, 7) is 2.31. The highest BCUT2D eigenvalue weighted by atomic mass is 79.9. The van der Waals surface area contributed by atoms with Crippen molar-refractivity contribution in [2.75, 3.05) is 20.8 Å². The molecule has 5 aromatic rings. The summed E-state index contributed by atoms with van der Waals surface area (Å²) in [5.41, 5.74) is 2.40. The second-order valence-corrected chi connectivity index (χ2v) is 11.4. The summed E-state index contributed by atoms with van der Waals surface area (Å²) in [5, 5.41) is 0.455. The monoisotopic (exact) mass is 689 g/mol. The Hall–Kier alpha value is -3.95. The van der Waals surface area contributed by atoms with E-state index in [1.807, 2.05) is 67.6 Å². The van der Waals surface area contributed by atoms with Gasteiger partial charge in [0.1, 0.15) is 17.3 Å². The first kappa shape index (κ1) is 29.5. The van der Waals surface area contributed by atoms with Crippen molar-refractivity contribution in [1.29, 1.82) is 0 Å². The van der Waals surface area contributed by atoms with Gasteiger partial charge in [-0.15, -0.1) is 0 Å². The predicted octanol–water partition coefficient (Wildman–Crippen LogP) is 7.37. The molecule has 1 unspecified atom stereocenters. The van der Waals surface area contributed by atoms with Gasteiger partial charge in [-0.3, -0.25) is 14.2 Å².